The van der Waals surface area contributed by atoms with Crippen molar-refractivity contribution >= 4 is 34.8 Å². The van der Waals surface area contributed by atoms with Gasteiger partial charge < -0.3 is 10.6 Å². The average molecular weight is 383 g/mol. The molecule has 7 heteroatoms. The number of nitrogens with zero attached hydrogens (tertiary/aromatic N) is 2. The zero-order chi connectivity index (χ0) is 19.4. The first kappa shape index (κ1) is 18.7. The lowest BCUT2D eigenvalue weighted by atomic mass is 10.1. The van der Waals surface area contributed by atoms with Gasteiger partial charge >= 0.3 is 0 Å². The van der Waals surface area contributed by atoms with Gasteiger partial charge in [0.1, 0.15) is 0 Å². The van der Waals surface area contributed by atoms with Crippen molar-refractivity contribution in [3.63, 3.8) is 0 Å². The van der Waals surface area contributed by atoms with Crippen molar-refractivity contribution in [1.29, 1.82) is 0 Å². The summed E-state index contributed by atoms with van der Waals surface area (Å²) < 4.78 is 1.72. The van der Waals surface area contributed by atoms with Gasteiger partial charge in [-0.3, -0.25) is 9.59 Å². The Morgan fingerprint density at radius 3 is 2.33 bits per heavy atom. The van der Waals surface area contributed by atoms with Gasteiger partial charge in [-0.05, 0) is 48.9 Å². The van der Waals surface area contributed by atoms with Crippen LogP contribution in [0.5, 0.6) is 0 Å². The lowest BCUT2D eigenvalue weighted by molar-refractivity contribution is -0.114. The van der Waals surface area contributed by atoms with Gasteiger partial charge in [0.05, 0.1) is 23.1 Å². The molecule has 0 aliphatic carbocycles. The topological polar surface area (TPSA) is 76.0 Å². The van der Waals surface area contributed by atoms with Crippen LogP contribution in [0.1, 0.15) is 29.9 Å². The van der Waals surface area contributed by atoms with Crippen LogP contribution in [0, 0.1) is 0 Å². The van der Waals surface area contributed by atoms with E-state index in [9.17, 15) is 9.59 Å². The lowest BCUT2D eigenvalue weighted by Gasteiger charge is -2.09. The second-order valence-electron chi connectivity index (χ2n) is 5.96. The van der Waals surface area contributed by atoms with Crippen molar-refractivity contribution in [2.45, 2.75) is 20.3 Å². The first-order valence-corrected chi connectivity index (χ1v) is 8.87. The molecule has 0 fully saturated rings. The number of halogens is 1. The SMILES string of the molecule is CCc1c(C(=O)Nc2ccc(NC(C)=O)cc2)cnn1-c1cccc(Cl)c1. The molecule has 6 nitrogen and oxygen atoms in total. The van der Waals surface area contributed by atoms with Gasteiger partial charge in [-0.1, -0.05) is 24.6 Å². The summed E-state index contributed by atoms with van der Waals surface area (Å²) >= 11 is 6.06. The monoisotopic (exact) mass is 382 g/mol. The predicted molar refractivity (Wildman–Crippen MR) is 107 cm³/mol. The minimum absolute atomic E-state index is 0.146. The molecule has 138 valence electrons. The van der Waals surface area contributed by atoms with Crippen molar-refractivity contribution < 1.29 is 9.59 Å². The molecule has 27 heavy (non-hydrogen) atoms. The molecule has 1 heterocycles. The molecule has 0 aliphatic heterocycles. The zero-order valence-electron chi connectivity index (χ0n) is 15.0. The van der Waals surface area contributed by atoms with Gasteiger partial charge in [0.2, 0.25) is 5.91 Å². The van der Waals surface area contributed by atoms with E-state index in [-0.39, 0.29) is 11.8 Å². The molecule has 0 saturated carbocycles. The summed E-state index contributed by atoms with van der Waals surface area (Å²) in [7, 11) is 0. The second kappa shape index (κ2) is 8.05. The third-order valence-electron chi connectivity index (χ3n) is 3.96. The Morgan fingerprint density at radius 2 is 1.74 bits per heavy atom. The van der Waals surface area contributed by atoms with Crippen LogP contribution in [0.15, 0.2) is 54.7 Å². The van der Waals surface area contributed by atoms with Crippen LogP contribution < -0.4 is 10.6 Å². The summed E-state index contributed by atoms with van der Waals surface area (Å²) in [6.45, 7) is 3.41. The summed E-state index contributed by atoms with van der Waals surface area (Å²) in [6.07, 6.45) is 2.19. The van der Waals surface area contributed by atoms with E-state index >= 15 is 0 Å². The van der Waals surface area contributed by atoms with Gasteiger partial charge in [-0.2, -0.15) is 5.10 Å². The number of carbonyl (C=O) groups excluding carboxylic acids is 2. The molecular formula is C20H19ClN4O2. The maximum atomic E-state index is 12.7. The van der Waals surface area contributed by atoms with Crippen LogP contribution in [0.4, 0.5) is 11.4 Å². The Balaban J connectivity index is 1.82. The van der Waals surface area contributed by atoms with Crippen LogP contribution in [0.3, 0.4) is 0 Å². The fourth-order valence-corrected chi connectivity index (χ4v) is 2.96. The average Bonchev–Trinajstić information content (AvgIpc) is 3.07. The fourth-order valence-electron chi connectivity index (χ4n) is 2.77. The Hall–Kier alpha value is -3.12. The molecule has 0 saturated heterocycles. The summed E-state index contributed by atoms with van der Waals surface area (Å²) in [4.78, 5) is 23.8. The molecule has 2 aromatic carbocycles. The van der Waals surface area contributed by atoms with Crippen LogP contribution in [0.25, 0.3) is 5.69 Å². The molecule has 0 atom stereocenters. The van der Waals surface area contributed by atoms with Crippen LogP contribution in [-0.4, -0.2) is 21.6 Å². The van der Waals surface area contributed by atoms with Crippen LogP contribution >= 0.6 is 11.6 Å². The van der Waals surface area contributed by atoms with Crippen molar-refractivity contribution in [2.75, 3.05) is 10.6 Å². The molecule has 0 aliphatic rings. The first-order chi connectivity index (χ1) is 13.0. The molecular weight excluding hydrogens is 364 g/mol. The van der Waals surface area contributed by atoms with Crippen molar-refractivity contribution in [3.8, 4) is 5.69 Å². The number of benzene rings is 2. The van der Waals surface area contributed by atoms with E-state index in [1.807, 2.05) is 19.1 Å². The smallest absolute Gasteiger partial charge is 0.259 e. The molecule has 3 aromatic rings. The third-order valence-corrected chi connectivity index (χ3v) is 4.20. The number of aromatic nitrogens is 2. The van der Waals surface area contributed by atoms with Crippen LogP contribution in [0.2, 0.25) is 5.02 Å². The predicted octanol–water partition coefficient (Wildman–Crippen LogP) is 4.30. The molecule has 2 N–H and O–H groups in total. The molecule has 1 aromatic heterocycles. The maximum Gasteiger partial charge on any atom is 0.259 e. The normalized spacial score (nSPS) is 10.5. The van der Waals surface area contributed by atoms with Crippen LogP contribution in [-0.2, 0) is 11.2 Å². The third kappa shape index (κ3) is 4.35. The molecule has 0 radical (unpaired) electrons. The van der Waals surface area contributed by atoms with E-state index in [2.05, 4.69) is 15.7 Å². The summed E-state index contributed by atoms with van der Waals surface area (Å²) in [6, 6.07) is 14.2. The Labute approximate surface area is 162 Å². The Morgan fingerprint density at radius 1 is 1.07 bits per heavy atom. The number of nitrogens with one attached hydrogen (secondary N) is 2. The highest BCUT2D eigenvalue weighted by Gasteiger charge is 2.17. The summed E-state index contributed by atoms with van der Waals surface area (Å²) in [5.41, 5.74) is 3.40. The van der Waals surface area contributed by atoms with E-state index < -0.39 is 0 Å². The summed E-state index contributed by atoms with van der Waals surface area (Å²) in [5.74, 6) is -0.389. The van der Waals surface area contributed by atoms with E-state index in [0.29, 0.717) is 28.4 Å². The number of carbonyl (C=O) groups is 2. The van der Waals surface area contributed by atoms with Gasteiger partial charge in [-0.25, -0.2) is 4.68 Å². The number of hydrogen-bond acceptors (Lipinski definition) is 3. The second-order valence-corrected chi connectivity index (χ2v) is 6.40. The van der Waals surface area contributed by atoms with Gasteiger partial charge in [0.15, 0.2) is 0 Å². The van der Waals surface area contributed by atoms with E-state index in [1.54, 1.807) is 47.3 Å². The van der Waals surface area contributed by atoms with Crippen molar-refractivity contribution in [1.82, 2.24) is 9.78 Å². The highest BCUT2D eigenvalue weighted by Crippen LogP contribution is 2.20. The van der Waals surface area contributed by atoms with E-state index in [4.69, 9.17) is 11.6 Å². The largest absolute Gasteiger partial charge is 0.326 e. The molecule has 0 bridgehead atoms. The molecule has 0 spiro atoms. The van der Waals surface area contributed by atoms with E-state index in [0.717, 1.165) is 11.4 Å². The molecule has 3 rings (SSSR count). The summed E-state index contributed by atoms with van der Waals surface area (Å²) in [5, 5.41) is 10.5. The highest BCUT2D eigenvalue weighted by atomic mass is 35.5. The Bertz CT molecular complexity index is 980. The van der Waals surface area contributed by atoms with Gasteiger partial charge in [-0.15, -0.1) is 0 Å². The quantitative estimate of drug-likeness (QED) is 0.690. The first-order valence-electron chi connectivity index (χ1n) is 8.49. The van der Waals surface area contributed by atoms with E-state index in [1.165, 1.54) is 6.92 Å². The minimum atomic E-state index is -0.243. The minimum Gasteiger partial charge on any atom is -0.326 e. The highest BCUT2D eigenvalue weighted by molar-refractivity contribution is 6.30. The molecule has 2 amide bonds. The fraction of sp³-hybridized carbons (Fsp3) is 0.150. The molecule has 0 unspecified atom stereocenters. The number of hydrogen-bond donors (Lipinski definition) is 2. The number of amides is 2. The van der Waals surface area contributed by atoms with Gasteiger partial charge in [0.25, 0.3) is 5.91 Å². The standard InChI is InChI=1S/C20H19ClN4O2/c1-3-19-18(12-22-25(19)17-6-4-5-14(21)11-17)20(27)24-16-9-7-15(8-10-16)23-13(2)26/h4-12H,3H2,1-2H3,(H,23,26)(H,24,27). The maximum absolute atomic E-state index is 12.7. The van der Waals surface area contributed by atoms with Crippen molar-refractivity contribution in [2.24, 2.45) is 0 Å². The zero-order valence-corrected chi connectivity index (χ0v) is 15.7. The number of anilines is 2. The van der Waals surface area contributed by atoms with Gasteiger partial charge in [0, 0.05) is 23.3 Å². The Kier molecular flexibility index (Phi) is 5.57. The number of rotatable bonds is 5. The lowest BCUT2D eigenvalue weighted by Crippen LogP contribution is -2.14. The van der Waals surface area contributed by atoms with Crippen molar-refractivity contribution in [3.05, 3.63) is 71.0 Å².